The first-order valence-electron chi connectivity index (χ1n) is 9.85. The second kappa shape index (κ2) is 6.79. The van der Waals surface area contributed by atoms with Crippen molar-refractivity contribution in [1.29, 1.82) is 0 Å². The number of nitrogens with two attached hydrogens (primary N) is 1. The third-order valence-electron chi connectivity index (χ3n) is 6.42. The zero-order valence-corrected chi connectivity index (χ0v) is 17.5. The fourth-order valence-corrected chi connectivity index (χ4v) is 5.08. The van der Waals surface area contributed by atoms with Crippen LogP contribution in [0.5, 0.6) is 0 Å². The molecule has 1 aromatic heterocycles. The lowest BCUT2D eigenvalue weighted by Crippen LogP contribution is -2.46. The Morgan fingerprint density at radius 2 is 2.04 bits per heavy atom. The number of rotatable bonds is 7. The highest BCUT2D eigenvalue weighted by atomic mass is 16.6. The normalized spacial score (nSPS) is 30.2. The van der Waals surface area contributed by atoms with Crippen molar-refractivity contribution in [2.45, 2.75) is 76.2 Å². The molecule has 3 heterocycles. The van der Waals surface area contributed by atoms with E-state index in [1.165, 1.54) is 4.57 Å². The molecule has 3 rings (SSSR count). The number of hydrogen-bond donors (Lipinski definition) is 3. The third-order valence-corrected chi connectivity index (χ3v) is 6.42. The fourth-order valence-electron chi connectivity index (χ4n) is 5.08. The van der Waals surface area contributed by atoms with Crippen LogP contribution in [0.1, 0.15) is 58.9 Å². The van der Waals surface area contributed by atoms with Crippen molar-refractivity contribution in [1.82, 2.24) is 9.55 Å². The van der Waals surface area contributed by atoms with E-state index in [0.717, 1.165) is 0 Å². The van der Waals surface area contributed by atoms with Crippen LogP contribution in [0.3, 0.4) is 0 Å². The van der Waals surface area contributed by atoms with Gasteiger partial charge in [-0.05, 0) is 36.6 Å². The number of nitrogens with zero attached hydrogens (tertiary/aromatic N) is 1. The molecule has 2 fully saturated rings. The number of H-pyrrole nitrogens is 1. The van der Waals surface area contributed by atoms with Crippen molar-refractivity contribution in [3.05, 3.63) is 32.6 Å². The van der Waals surface area contributed by atoms with Crippen LogP contribution in [-0.4, -0.2) is 46.6 Å². The number of aliphatic hydroxyl groups excluding tert-OH is 1. The Morgan fingerprint density at radius 1 is 1.36 bits per heavy atom. The molecule has 2 aliphatic heterocycles. The quantitative estimate of drug-likeness (QED) is 0.628. The van der Waals surface area contributed by atoms with E-state index in [2.05, 4.69) is 18.8 Å². The number of hydrogen-bond acceptors (Lipinski definition) is 6. The molecule has 3 atom stereocenters. The number of aliphatic hydroxyl groups is 1. The summed E-state index contributed by atoms with van der Waals surface area (Å²) in [7, 11) is 1.56. The van der Waals surface area contributed by atoms with Crippen LogP contribution in [-0.2, 0) is 20.6 Å². The second-order valence-electron chi connectivity index (χ2n) is 9.87. The van der Waals surface area contributed by atoms with Gasteiger partial charge in [0.05, 0.1) is 12.7 Å². The minimum absolute atomic E-state index is 0.157. The van der Waals surface area contributed by atoms with Crippen molar-refractivity contribution in [3.8, 4) is 0 Å². The molecule has 2 saturated heterocycles. The third kappa shape index (κ3) is 3.36. The van der Waals surface area contributed by atoms with Crippen molar-refractivity contribution in [3.63, 3.8) is 0 Å². The summed E-state index contributed by atoms with van der Waals surface area (Å²) in [4.78, 5) is 27.8. The standard InChI is InChI=1S/C20H33N3O5/c1-17(2,11-21)10-18(3,4)13-9-23(16(26)22-15(13)25)20-7-6-19(28-20,12-27-5)14(24)8-20/h9,14,24H,6-8,10-12,21H2,1-5H3,(H,22,25,26)/t14?,19?,20-/m0/s1. The molecule has 0 aliphatic carbocycles. The molecule has 8 nitrogen and oxygen atoms in total. The van der Waals surface area contributed by atoms with Gasteiger partial charge in [0, 0.05) is 25.3 Å². The smallest absolute Gasteiger partial charge is 0.330 e. The van der Waals surface area contributed by atoms with E-state index in [0.29, 0.717) is 31.4 Å². The van der Waals surface area contributed by atoms with E-state index < -0.39 is 34.1 Å². The Hall–Kier alpha value is -1.48. The molecule has 158 valence electrons. The maximum atomic E-state index is 12.7. The lowest BCUT2D eigenvalue weighted by atomic mass is 9.72. The van der Waals surface area contributed by atoms with Crippen LogP contribution >= 0.6 is 0 Å². The van der Waals surface area contributed by atoms with E-state index in [4.69, 9.17) is 15.2 Å². The summed E-state index contributed by atoms with van der Waals surface area (Å²) >= 11 is 0. The highest BCUT2D eigenvalue weighted by Crippen LogP contribution is 2.53. The van der Waals surface area contributed by atoms with E-state index in [-0.39, 0.29) is 18.4 Å². The second-order valence-corrected chi connectivity index (χ2v) is 9.87. The van der Waals surface area contributed by atoms with E-state index in [1.807, 2.05) is 13.8 Å². The number of aromatic nitrogens is 2. The van der Waals surface area contributed by atoms with Gasteiger partial charge in [0.2, 0.25) is 0 Å². The molecule has 0 saturated carbocycles. The maximum Gasteiger partial charge on any atom is 0.330 e. The molecule has 28 heavy (non-hydrogen) atoms. The van der Waals surface area contributed by atoms with Crippen molar-refractivity contribution in [2.24, 2.45) is 11.1 Å². The Morgan fingerprint density at radius 3 is 2.61 bits per heavy atom. The van der Waals surface area contributed by atoms with Gasteiger partial charge in [0.1, 0.15) is 5.60 Å². The summed E-state index contributed by atoms with van der Waals surface area (Å²) in [5.74, 6) is 0. The molecule has 2 unspecified atom stereocenters. The van der Waals surface area contributed by atoms with Crippen molar-refractivity contribution in [2.75, 3.05) is 20.3 Å². The van der Waals surface area contributed by atoms with Gasteiger partial charge in [-0.3, -0.25) is 14.3 Å². The molecule has 2 bridgehead atoms. The topological polar surface area (TPSA) is 120 Å². The van der Waals surface area contributed by atoms with Crippen LogP contribution in [0.2, 0.25) is 0 Å². The van der Waals surface area contributed by atoms with Crippen LogP contribution in [0.25, 0.3) is 0 Å². The first kappa shape index (κ1) is 21.2. The van der Waals surface area contributed by atoms with Crippen LogP contribution in [0.15, 0.2) is 15.8 Å². The van der Waals surface area contributed by atoms with E-state index >= 15 is 0 Å². The summed E-state index contributed by atoms with van der Waals surface area (Å²) in [5, 5.41) is 10.6. The molecule has 0 radical (unpaired) electrons. The molecule has 2 aliphatic rings. The zero-order valence-electron chi connectivity index (χ0n) is 17.5. The van der Waals surface area contributed by atoms with Gasteiger partial charge in [0.25, 0.3) is 5.56 Å². The molecular weight excluding hydrogens is 362 g/mol. The van der Waals surface area contributed by atoms with Gasteiger partial charge in [-0.15, -0.1) is 0 Å². The van der Waals surface area contributed by atoms with Gasteiger partial charge in [0.15, 0.2) is 5.72 Å². The molecule has 0 amide bonds. The van der Waals surface area contributed by atoms with E-state index in [1.54, 1.807) is 13.3 Å². The number of nitrogens with one attached hydrogen (secondary N) is 1. The Balaban J connectivity index is 2.05. The summed E-state index contributed by atoms with van der Waals surface area (Å²) in [5.41, 5.74) is 3.06. The number of ether oxygens (including phenoxy) is 2. The highest BCUT2D eigenvalue weighted by Gasteiger charge is 2.62. The number of fused-ring (bicyclic) bond motifs is 2. The summed E-state index contributed by atoms with van der Waals surface area (Å²) < 4.78 is 13.0. The minimum atomic E-state index is -0.965. The lowest BCUT2D eigenvalue weighted by molar-refractivity contribution is -0.135. The molecule has 8 heteroatoms. The summed E-state index contributed by atoms with van der Waals surface area (Å²) in [6.07, 6.45) is 3.03. The zero-order chi connectivity index (χ0) is 21.0. The molecular formula is C20H33N3O5. The van der Waals surface area contributed by atoms with E-state index in [9.17, 15) is 14.7 Å². The predicted octanol–water partition coefficient (Wildman–Crippen LogP) is 0.802. The maximum absolute atomic E-state index is 12.7. The first-order valence-corrected chi connectivity index (χ1v) is 9.85. The molecule has 0 aromatic carbocycles. The minimum Gasteiger partial charge on any atom is -0.390 e. The molecule has 4 N–H and O–H groups in total. The molecule has 1 aromatic rings. The van der Waals surface area contributed by atoms with Gasteiger partial charge in [-0.2, -0.15) is 0 Å². The lowest BCUT2D eigenvalue weighted by Gasteiger charge is -2.35. The van der Waals surface area contributed by atoms with Crippen LogP contribution in [0.4, 0.5) is 0 Å². The summed E-state index contributed by atoms with van der Waals surface area (Å²) in [6.45, 7) is 8.84. The number of aromatic amines is 1. The first-order chi connectivity index (χ1) is 12.9. The van der Waals surface area contributed by atoms with Gasteiger partial charge >= 0.3 is 5.69 Å². The molecule has 0 spiro atoms. The van der Waals surface area contributed by atoms with Crippen LogP contribution < -0.4 is 17.0 Å². The summed E-state index contributed by atoms with van der Waals surface area (Å²) in [6, 6.07) is 0. The monoisotopic (exact) mass is 395 g/mol. The van der Waals surface area contributed by atoms with Crippen molar-refractivity contribution >= 4 is 0 Å². The van der Waals surface area contributed by atoms with Crippen LogP contribution in [0, 0.1) is 5.41 Å². The fraction of sp³-hybridized carbons (Fsp3) is 0.800. The predicted molar refractivity (Wildman–Crippen MR) is 105 cm³/mol. The SMILES string of the molecule is COCC12CC[C@@](n3cc(C(C)(C)CC(C)(C)CN)c(=O)[nH]c3=O)(CC1O)O2. The Kier molecular flexibility index (Phi) is 5.15. The average Bonchev–Trinajstić information content (AvgIpc) is 3.07. The van der Waals surface area contributed by atoms with Gasteiger partial charge < -0.3 is 20.3 Å². The largest absolute Gasteiger partial charge is 0.390 e. The highest BCUT2D eigenvalue weighted by molar-refractivity contribution is 5.20. The Labute approximate surface area is 165 Å². The van der Waals surface area contributed by atoms with Gasteiger partial charge in [-0.25, -0.2) is 4.79 Å². The number of methoxy groups -OCH3 is 1. The average molecular weight is 396 g/mol. The Bertz CT molecular complexity index is 858. The van der Waals surface area contributed by atoms with Gasteiger partial charge in [-0.1, -0.05) is 27.7 Å². The van der Waals surface area contributed by atoms with Crippen molar-refractivity contribution < 1.29 is 14.6 Å².